The predicted octanol–water partition coefficient (Wildman–Crippen LogP) is 0.694. The van der Waals surface area contributed by atoms with Crippen LogP contribution in [0.15, 0.2) is 12.4 Å². The molecule has 1 saturated heterocycles. The van der Waals surface area contributed by atoms with Crippen molar-refractivity contribution in [2.75, 3.05) is 26.3 Å². The van der Waals surface area contributed by atoms with E-state index in [9.17, 15) is 4.79 Å². The molecule has 0 spiro atoms. The van der Waals surface area contributed by atoms with Crippen LogP contribution in [0.25, 0.3) is 0 Å². The third-order valence-electron chi connectivity index (χ3n) is 3.97. The zero-order valence-corrected chi connectivity index (χ0v) is 10.5. The standard InChI is InChI=1S/C13H19N3O2/c17-10-13(2-1-7-18-11-13)9-15-5-6-16-4-3-14-12(16)8-15/h3-4,10H,1-2,5-9,11H2. The van der Waals surface area contributed by atoms with Gasteiger partial charge < -0.3 is 14.1 Å². The van der Waals surface area contributed by atoms with Crippen LogP contribution in [0.5, 0.6) is 0 Å². The van der Waals surface area contributed by atoms with E-state index in [1.807, 2.05) is 12.4 Å². The van der Waals surface area contributed by atoms with Gasteiger partial charge >= 0.3 is 0 Å². The Bertz CT molecular complexity index is 424. The van der Waals surface area contributed by atoms with Crippen molar-refractivity contribution in [3.63, 3.8) is 0 Å². The van der Waals surface area contributed by atoms with E-state index in [0.717, 1.165) is 57.7 Å². The Morgan fingerprint density at radius 1 is 1.50 bits per heavy atom. The normalized spacial score (nSPS) is 28.9. The molecule has 3 heterocycles. The van der Waals surface area contributed by atoms with Crippen LogP contribution in [0.2, 0.25) is 0 Å². The molecule has 0 N–H and O–H groups in total. The van der Waals surface area contributed by atoms with E-state index in [4.69, 9.17) is 4.74 Å². The highest BCUT2D eigenvalue weighted by Gasteiger charge is 2.35. The lowest BCUT2D eigenvalue weighted by Crippen LogP contribution is -2.46. The van der Waals surface area contributed by atoms with Crippen LogP contribution in [0.3, 0.4) is 0 Å². The molecular formula is C13H19N3O2. The summed E-state index contributed by atoms with van der Waals surface area (Å²) >= 11 is 0. The van der Waals surface area contributed by atoms with Gasteiger partial charge in [0.05, 0.1) is 18.6 Å². The molecule has 1 unspecified atom stereocenters. The number of imidazole rings is 1. The zero-order chi connectivity index (χ0) is 12.4. The Morgan fingerprint density at radius 2 is 2.44 bits per heavy atom. The zero-order valence-electron chi connectivity index (χ0n) is 10.5. The quantitative estimate of drug-likeness (QED) is 0.740. The van der Waals surface area contributed by atoms with Gasteiger partial charge in [0.1, 0.15) is 12.1 Å². The Hall–Kier alpha value is -1.20. The van der Waals surface area contributed by atoms with E-state index in [1.54, 1.807) is 0 Å². The second-order valence-electron chi connectivity index (χ2n) is 5.38. The highest BCUT2D eigenvalue weighted by Crippen LogP contribution is 2.28. The van der Waals surface area contributed by atoms with E-state index >= 15 is 0 Å². The summed E-state index contributed by atoms with van der Waals surface area (Å²) in [5.41, 5.74) is -0.299. The van der Waals surface area contributed by atoms with Crippen LogP contribution in [-0.4, -0.2) is 47.0 Å². The number of fused-ring (bicyclic) bond motifs is 1. The summed E-state index contributed by atoms with van der Waals surface area (Å²) in [4.78, 5) is 18.1. The molecule has 1 aromatic heterocycles. The van der Waals surface area contributed by atoms with Gasteiger partial charge in [0.2, 0.25) is 0 Å². The van der Waals surface area contributed by atoms with Crippen LogP contribution in [0, 0.1) is 5.41 Å². The molecule has 18 heavy (non-hydrogen) atoms. The third kappa shape index (κ3) is 2.20. The minimum absolute atomic E-state index is 0.299. The molecule has 2 aliphatic rings. The maximum atomic E-state index is 11.4. The average molecular weight is 249 g/mol. The maximum absolute atomic E-state index is 11.4. The van der Waals surface area contributed by atoms with E-state index in [1.165, 1.54) is 0 Å². The molecule has 3 rings (SSSR count). The average Bonchev–Trinajstić information content (AvgIpc) is 2.87. The smallest absolute Gasteiger partial charge is 0.129 e. The molecule has 0 saturated carbocycles. The van der Waals surface area contributed by atoms with Gasteiger partial charge in [0.25, 0.3) is 0 Å². The fourth-order valence-corrected chi connectivity index (χ4v) is 2.93. The SMILES string of the molecule is O=CC1(CN2CCn3ccnc3C2)CCCOC1. The van der Waals surface area contributed by atoms with Crippen molar-refractivity contribution < 1.29 is 9.53 Å². The van der Waals surface area contributed by atoms with Crippen LogP contribution in [0.4, 0.5) is 0 Å². The number of aromatic nitrogens is 2. The lowest BCUT2D eigenvalue weighted by atomic mass is 9.83. The number of rotatable bonds is 3. The predicted molar refractivity (Wildman–Crippen MR) is 66.1 cm³/mol. The summed E-state index contributed by atoms with van der Waals surface area (Å²) < 4.78 is 7.68. The molecule has 1 atom stereocenters. The molecule has 2 aliphatic heterocycles. The van der Waals surface area contributed by atoms with Gasteiger partial charge in [-0.05, 0) is 12.8 Å². The van der Waals surface area contributed by atoms with Crippen molar-refractivity contribution >= 4 is 6.29 Å². The van der Waals surface area contributed by atoms with Crippen molar-refractivity contribution in [2.24, 2.45) is 5.41 Å². The monoisotopic (exact) mass is 249 g/mol. The molecule has 5 heteroatoms. The second kappa shape index (κ2) is 4.82. The molecular weight excluding hydrogens is 230 g/mol. The van der Waals surface area contributed by atoms with Gasteiger partial charge in [0, 0.05) is 38.6 Å². The van der Waals surface area contributed by atoms with Gasteiger partial charge in [-0.1, -0.05) is 0 Å². The van der Waals surface area contributed by atoms with Gasteiger partial charge in [-0.15, -0.1) is 0 Å². The summed E-state index contributed by atoms with van der Waals surface area (Å²) in [5.74, 6) is 1.10. The fourth-order valence-electron chi connectivity index (χ4n) is 2.93. The van der Waals surface area contributed by atoms with Crippen LogP contribution >= 0.6 is 0 Å². The first-order chi connectivity index (χ1) is 8.81. The van der Waals surface area contributed by atoms with Crippen molar-refractivity contribution in [2.45, 2.75) is 25.9 Å². The van der Waals surface area contributed by atoms with Crippen LogP contribution < -0.4 is 0 Å². The van der Waals surface area contributed by atoms with Crippen LogP contribution in [-0.2, 0) is 22.6 Å². The Morgan fingerprint density at radius 3 is 3.22 bits per heavy atom. The minimum atomic E-state index is -0.299. The molecule has 5 nitrogen and oxygen atoms in total. The van der Waals surface area contributed by atoms with Gasteiger partial charge in [-0.25, -0.2) is 4.98 Å². The maximum Gasteiger partial charge on any atom is 0.129 e. The van der Waals surface area contributed by atoms with E-state index in [2.05, 4.69) is 14.5 Å². The minimum Gasteiger partial charge on any atom is -0.380 e. The van der Waals surface area contributed by atoms with E-state index in [0.29, 0.717) is 6.61 Å². The Balaban J connectivity index is 1.68. The lowest BCUT2D eigenvalue weighted by Gasteiger charge is -2.38. The molecule has 0 aliphatic carbocycles. The summed E-state index contributed by atoms with van der Waals surface area (Å²) in [5, 5.41) is 0. The summed E-state index contributed by atoms with van der Waals surface area (Å²) in [7, 11) is 0. The molecule has 98 valence electrons. The number of hydrogen-bond donors (Lipinski definition) is 0. The van der Waals surface area contributed by atoms with Gasteiger partial charge in [-0.3, -0.25) is 4.90 Å². The number of nitrogens with zero attached hydrogens (tertiary/aromatic N) is 3. The van der Waals surface area contributed by atoms with E-state index < -0.39 is 0 Å². The van der Waals surface area contributed by atoms with Crippen molar-refractivity contribution in [1.29, 1.82) is 0 Å². The van der Waals surface area contributed by atoms with Gasteiger partial charge in [-0.2, -0.15) is 0 Å². The first-order valence-corrected chi connectivity index (χ1v) is 6.58. The van der Waals surface area contributed by atoms with E-state index in [-0.39, 0.29) is 5.41 Å². The van der Waals surface area contributed by atoms with Crippen LogP contribution in [0.1, 0.15) is 18.7 Å². The first kappa shape index (κ1) is 11.9. The number of ether oxygens (including phenoxy) is 1. The molecule has 1 aromatic rings. The highest BCUT2D eigenvalue weighted by molar-refractivity contribution is 5.60. The van der Waals surface area contributed by atoms with Crippen molar-refractivity contribution in [3.05, 3.63) is 18.2 Å². The van der Waals surface area contributed by atoms with Gasteiger partial charge in [0.15, 0.2) is 0 Å². The summed E-state index contributed by atoms with van der Waals surface area (Å²) in [6.07, 6.45) is 6.90. The summed E-state index contributed by atoms with van der Waals surface area (Å²) in [6, 6.07) is 0. The number of carbonyl (C=O) groups excluding carboxylic acids is 1. The number of aldehydes is 1. The molecule has 0 bridgehead atoms. The summed E-state index contributed by atoms with van der Waals surface area (Å²) in [6.45, 7) is 4.94. The Labute approximate surface area is 107 Å². The highest BCUT2D eigenvalue weighted by atomic mass is 16.5. The second-order valence-corrected chi connectivity index (χ2v) is 5.38. The number of hydrogen-bond acceptors (Lipinski definition) is 4. The molecule has 0 amide bonds. The largest absolute Gasteiger partial charge is 0.380 e. The fraction of sp³-hybridized carbons (Fsp3) is 0.692. The van der Waals surface area contributed by atoms with Crippen molar-refractivity contribution in [3.8, 4) is 0 Å². The lowest BCUT2D eigenvalue weighted by molar-refractivity contribution is -0.126. The number of carbonyl (C=O) groups is 1. The Kier molecular flexibility index (Phi) is 3.18. The molecule has 0 aromatic carbocycles. The third-order valence-corrected chi connectivity index (χ3v) is 3.97. The first-order valence-electron chi connectivity index (χ1n) is 6.58. The molecule has 1 fully saturated rings. The molecule has 0 radical (unpaired) electrons. The van der Waals surface area contributed by atoms with Crippen molar-refractivity contribution in [1.82, 2.24) is 14.5 Å². The topological polar surface area (TPSA) is 47.4 Å².